The third-order valence-corrected chi connectivity index (χ3v) is 5.69. The van der Waals surface area contributed by atoms with Crippen LogP contribution in [0.1, 0.15) is 27.8 Å². The molecular formula is C27H26F4N2O. The molecule has 3 nitrogen and oxygen atoms in total. The number of benzene rings is 3. The molecule has 3 aromatic carbocycles. The zero-order valence-corrected chi connectivity index (χ0v) is 18.6. The molecule has 4 rings (SSSR count). The lowest BCUT2D eigenvalue weighted by Crippen LogP contribution is -2.17. The van der Waals surface area contributed by atoms with Crippen molar-refractivity contribution in [3.8, 4) is 0 Å². The predicted octanol–water partition coefficient (Wildman–Crippen LogP) is 6.42. The Hall–Kier alpha value is -3.16. The minimum absolute atomic E-state index is 0.304. The first-order valence-electron chi connectivity index (χ1n) is 11.2. The molecule has 0 unspecified atom stereocenters. The largest absolute Gasteiger partial charge is 0.416 e. The number of aromatic nitrogens is 1. The number of hydrogen-bond acceptors (Lipinski definition) is 2. The summed E-state index contributed by atoms with van der Waals surface area (Å²) in [6, 6.07) is 18.2. The van der Waals surface area contributed by atoms with Crippen molar-refractivity contribution in [1.29, 1.82) is 0 Å². The number of aromatic amines is 1. The summed E-state index contributed by atoms with van der Waals surface area (Å²) in [6.45, 7) is 1.87. The van der Waals surface area contributed by atoms with Crippen LogP contribution in [0.3, 0.4) is 0 Å². The fraction of sp³-hybridized carbons (Fsp3) is 0.259. The third-order valence-electron chi connectivity index (χ3n) is 5.69. The predicted molar refractivity (Wildman–Crippen MR) is 125 cm³/mol. The van der Waals surface area contributed by atoms with Crippen LogP contribution in [0.15, 0.2) is 72.9 Å². The van der Waals surface area contributed by atoms with Gasteiger partial charge in [0.05, 0.1) is 18.8 Å². The molecule has 7 heteroatoms. The Balaban J connectivity index is 1.35. The van der Waals surface area contributed by atoms with E-state index >= 15 is 0 Å². The van der Waals surface area contributed by atoms with E-state index in [4.69, 9.17) is 4.74 Å². The van der Waals surface area contributed by atoms with Crippen molar-refractivity contribution in [2.45, 2.75) is 32.2 Å². The fourth-order valence-corrected chi connectivity index (χ4v) is 4.05. The molecule has 0 radical (unpaired) electrons. The maximum Gasteiger partial charge on any atom is 0.416 e. The smallest absolute Gasteiger partial charge is 0.376 e. The van der Waals surface area contributed by atoms with E-state index in [-0.39, 0.29) is 5.82 Å². The molecule has 0 atom stereocenters. The van der Waals surface area contributed by atoms with E-state index in [0.29, 0.717) is 44.7 Å². The quantitative estimate of drug-likeness (QED) is 0.207. The van der Waals surface area contributed by atoms with Gasteiger partial charge in [-0.15, -0.1) is 0 Å². The number of halogens is 4. The number of nitrogens with one attached hydrogen (secondary N) is 2. The molecule has 0 bridgehead atoms. The van der Waals surface area contributed by atoms with E-state index in [9.17, 15) is 17.6 Å². The van der Waals surface area contributed by atoms with Crippen molar-refractivity contribution in [1.82, 2.24) is 10.3 Å². The summed E-state index contributed by atoms with van der Waals surface area (Å²) < 4.78 is 58.6. The number of rotatable bonds is 10. The second-order valence-corrected chi connectivity index (χ2v) is 8.21. The normalized spacial score (nSPS) is 11.9. The standard InChI is InChI=1S/C27H26F4N2O/c28-24-14-21(10-12-34-18-19-5-2-1-3-6-19)26-22(17-33-25(26)15-24)9-11-32-16-20-7-4-8-23(13-20)27(29,30)31/h1-8,13-15,17,32-33H,9-12,16,18H2. The summed E-state index contributed by atoms with van der Waals surface area (Å²) in [6.07, 6.45) is -1.26. The lowest BCUT2D eigenvalue weighted by atomic mass is 10.0. The SMILES string of the molecule is Fc1cc(CCOCc2ccccc2)c2c(CCNCc3cccc(C(F)(F)F)c3)c[nH]c2c1. The first kappa shape index (κ1) is 24.0. The van der Waals surface area contributed by atoms with Crippen LogP contribution in [0.25, 0.3) is 10.9 Å². The highest BCUT2D eigenvalue weighted by Gasteiger charge is 2.30. The van der Waals surface area contributed by atoms with Crippen molar-refractivity contribution in [2.75, 3.05) is 13.2 Å². The molecule has 178 valence electrons. The van der Waals surface area contributed by atoms with E-state index in [2.05, 4.69) is 10.3 Å². The zero-order valence-electron chi connectivity index (χ0n) is 18.6. The average molecular weight is 471 g/mol. The van der Waals surface area contributed by atoms with Crippen molar-refractivity contribution in [3.63, 3.8) is 0 Å². The molecule has 0 spiro atoms. The van der Waals surface area contributed by atoms with Crippen LogP contribution in [0.5, 0.6) is 0 Å². The Bertz CT molecular complexity index is 1220. The van der Waals surface area contributed by atoms with Gasteiger partial charge in [-0.3, -0.25) is 0 Å². The number of H-pyrrole nitrogens is 1. The third kappa shape index (κ3) is 6.24. The van der Waals surface area contributed by atoms with Gasteiger partial charge < -0.3 is 15.0 Å². The van der Waals surface area contributed by atoms with Gasteiger partial charge in [-0.2, -0.15) is 13.2 Å². The molecule has 0 aliphatic rings. The maximum atomic E-state index is 14.1. The number of fused-ring (bicyclic) bond motifs is 1. The lowest BCUT2D eigenvalue weighted by molar-refractivity contribution is -0.137. The topological polar surface area (TPSA) is 37.0 Å². The molecule has 0 fully saturated rings. The van der Waals surface area contributed by atoms with Crippen molar-refractivity contribution >= 4 is 10.9 Å². The molecule has 0 saturated carbocycles. The van der Waals surface area contributed by atoms with Gasteiger partial charge in [-0.05, 0) is 59.8 Å². The molecule has 0 aliphatic heterocycles. The van der Waals surface area contributed by atoms with Crippen LogP contribution in [-0.4, -0.2) is 18.1 Å². The zero-order chi connectivity index (χ0) is 24.0. The van der Waals surface area contributed by atoms with Crippen LogP contribution in [0, 0.1) is 5.82 Å². The van der Waals surface area contributed by atoms with Gasteiger partial charge in [-0.25, -0.2) is 4.39 Å². The van der Waals surface area contributed by atoms with E-state index in [1.807, 2.05) is 36.5 Å². The number of ether oxygens (including phenoxy) is 1. The highest BCUT2D eigenvalue weighted by molar-refractivity contribution is 5.86. The Morgan fingerprint density at radius 1 is 0.853 bits per heavy atom. The molecule has 0 amide bonds. The van der Waals surface area contributed by atoms with Gasteiger partial charge in [0.2, 0.25) is 0 Å². The first-order chi connectivity index (χ1) is 16.4. The van der Waals surface area contributed by atoms with E-state index in [1.165, 1.54) is 12.1 Å². The summed E-state index contributed by atoms with van der Waals surface area (Å²) >= 11 is 0. The highest BCUT2D eigenvalue weighted by Crippen LogP contribution is 2.29. The van der Waals surface area contributed by atoms with Crippen LogP contribution >= 0.6 is 0 Å². The molecular weight excluding hydrogens is 444 g/mol. The van der Waals surface area contributed by atoms with Crippen molar-refractivity contribution in [3.05, 3.63) is 107 Å². The molecule has 0 saturated heterocycles. The Kier molecular flexibility index (Phi) is 7.65. The summed E-state index contributed by atoms with van der Waals surface area (Å²) in [7, 11) is 0. The van der Waals surface area contributed by atoms with Gasteiger partial charge in [0.25, 0.3) is 0 Å². The van der Waals surface area contributed by atoms with E-state index in [0.717, 1.165) is 39.7 Å². The van der Waals surface area contributed by atoms with Crippen molar-refractivity contribution < 1.29 is 22.3 Å². The fourth-order valence-electron chi connectivity index (χ4n) is 4.05. The van der Waals surface area contributed by atoms with E-state index < -0.39 is 11.7 Å². The molecule has 1 heterocycles. The summed E-state index contributed by atoms with van der Waals surface area (Å²) in [5.41, 5.74) is 3.64. The minimum Gasteiger partial charge on any atom is -0.376 e. The van der Waals surface area contributed by atoms with Gasteiger partial charge >= 0.3 is 6.18 Å². The van der Waals surface area contributed by atoms with Crippen LogP contribution in [-0.2, 0) is 36.9 Å². The second kappa shape index (κ2) is 10.8. The van der Waals surface area contributed by atoms with Crippen molar-refractivity contribution in [2.24, 2.45) is 0 Å². The highest BCUT2D eigenvalue weighted by atomic mass is 19.4. The Labute approximate surface area is 195 Å². The second-order valence-electron chi connectivity index (χ2n) is 8.21. The molecule has 34 heavy (non-hydrogen) atoms. The van der Waals surface area contributed by atoms with Crippen LogP contribution < -0.4 is 5.32 Å². The molecule has 2 N–H and O–H groups in total. The molecule has 4 aromatic rings. The molecule has 0 aliphatic carbocycles. The summed E-state index contributed by atoms with van der Waals surface area (Å²) in [5, 5.41) is 4.18. The van der Waals surface area contributed by atoms with Crippen LogP contribution in [0.2, 0.25) is 0 Å². The van der Waals surface area contributed by atoms with Crippen LogP contribution in [0.4, 0.5) is 17.6 Å². The van der Waals surface area contributed by atoms with Gasteiger partial charge in [0.1, 0.15) is 5.82 Å². The Morgan fingerprint density at radius 2 is 1.65 bits per heavy atom. The van der Waals surface area contributed by atoms with E-state index in [1.54, 1.807) is 12.1 Å². The van der Waals surface area contributed by atoms with Gasteiger partial charge in [0.15, 0.2) is 0 Å². The minimum atomic E-state index is -4.35. The van der Waals surface area contributed by atoms with Gasteiger partial charge in [0, 0.05) is 23.6 Å². The Morgan fingerprint density at radius 3 is 2.44 bits per heavy atom. The monoisotopic (exact) mass is 470 g/mol. The summed E-state index contributed by atoms with van der Waals surface area (Å²) in [4.78, 5) is 3.13. The maximum absolute atomic E-state index is 14.1. The summed E-state index contributed by atoms with van der Waals surface area (Å²) in [5.74, 6) is -0.304. The number of hydrogen-bond donors (Lipinski definition) is 2. The average Bonchev–Trinajstić information content (AvgIpc) is 3.22. The molecule has 1 aromatic heterocycles. The lowest BCUT2D eigenvalue weighted by Gasteiger charge is -2.10. The number of alkyl halides is 3. The first-order valence-corrected chi connectivity index (χ1v) is 11.2. The van der Waals surface area contributed by atoms with Gasteiger partial charge in [-0.1, -0.05) is 48.5 Å².